The molecule has 3 heterocycles. The number of anilines is 1. The first-order valence-electron chi connectivity index (χ1n) is 5.37. The summed E-state index contributed by atoms with van der Waals surface area (Å²) in [6, 6.07) is 7.69. The maximum Gasteiger partial charge on any atom is 0.180 e. The van der Waals surface area contributed by atoms with Gasteiger partial charge >= 0.3 is 0 Å². The monoisotopic (exact) mass is 276 g/mol. The lowest BCUT2D eigenvalue weighted by molar-refractivity contribution is 1.14. The molecule has 0 atom stereocenters. The van der Waals surface area contributed by atoms with E-state index in [1.54, 1.807) is 23.7 Å². The van der Waals surface area contributed by atoms with Crippen LogP contribution >= 0.6 is 22.9 Å². The quantitative estimate of drug-likeness (QED) is 0.797. The standard InChI is InChI=1S/C12H9ClN4S/c13-10-3-1-8(18-10)7-16-11-4-2-9-12(17-11)15-6-5-14-9/h1-6H,7H2,(H,15,16,17). The second kappa shape index (κ2) is 4.88. The Kier molecular flexibility index (Phi) is 3.08. The summed E-state index contributed by atoms with van der Waals surface area (Å²) in [7, 11) is 0. The Labute approximate surface area is 113 Å². The summed E-state index contributed by atoms with van der Waals surface area (Å²) >= 11 is 7.43. The molecule has 4 nitrogen and oxygen atoms in total. The molecule has 0 fully saturated rings. The molecule has 3 aromatic heterocycles. The van der Waals surface area contributed by atoms with E-state index in [9.17, 15) is 0 Å². The highest BCUT2D eigenvalue weighted by Gasteiger charge is 2.01. The van der Waals surface area contributed by atoms with Crippen molar-refractivity contribution in [2.45, 2.75) is 6.54 Å². The van der Waals surface area contributed by atoms with Crippen molar-refractivity contribution in [1.29, 1.82) is 0 Å². The lowest BCUT2D eigenvalue weighted by atomic mass is 10.4. The van der Waals surface area contributed by atoms with Crippen LogP contribution < -0.4 is 5.32 Å². The molecule has 6 heteroatoms. The fourth-order valence-corrected chi connectivity index (χ4v) is 2.60. The second-order valence-electron chi connectivity index (χ2n) is 3.65. The largest absolute Gasteiger partial charge is 0.365 e. The van der Waals surface area contributed by atoms with E-state index in [1.165, 1.54) is 4.88 Å². The molecule has 0 aliphatic heterocycles. The van der Waals surface area contributed by atoms with Crippen LogP contribution in [0.3, 0.4) is 0 Å². The molecule has 0 aliphatic carbocycles. The molecule has 18 heavy (non-hydrogen) atoms. The first-order valence-corrected chi connectivity index (χ1v) is 6.56. The van der Waals surface area contributed by atoms with E-state index in [1.807, 2.05) is 24.3 Å². The Bertz CT molecular complexity index is 682. The molecule has 0 saturated carbocycles. The van der Waals surface area contributed by atoms with Crippen LogP contribution in [-0.4, -0.2) is 15.0 Å². The van der Waals surface area contributed by atoms with E-state index in [4.69, 9.17) is 11.6 Å². The third kappa shape index (κ3) is 2.42. The number of nitrogens with one attached hydrogen (secondary N) is 1. The van der Waals surface area contributed by atoms with Crippen molar-refractivity contribution in [3.63, 3.8) is 0 Å². The van der Waals surface area contributed by atoms with E-state index in [0.29, 0.717) is 12.2 Å². The van der Waals surface area contributed by atoms with E-state index >= 15 is 0 Å². The molecule has 0 radical (unpaired) electrons. The maximum absolute atomic E-state index is 5.88. The Balaban J connectivity index is 1.78. The Morgan fingerprint density at radius 1 is 1.11 bits per heavy atom. The minimum Gasteiger partial charge on any atom is -0.365 e. The Hall–Kier alpha value is -1.72. The molecule has 0 unspecified atom stereocenters. The molecular formula is C12H9ClN4S. The molecule has 3 aromatic rings. The number of hydrogen-bond donors (Lipinski definition) is 1. The van der Waals surface area contributed by atoms with Gasteiger partial charge < -0.3 is 5.32 Å². The highest BCUT2D eigenvalue weighted by atomic mass is 35.5. The highest BCUT2D eigenvalue weighted by molar-refractivity contribution is 7.16. The van der Waals surface area contributed by atoms with Gasteiger partial charge in [0.1, 0.15) is 11.3 Å². The number of pyridine rings is 1. The summed E-state index contributed by atoms with van der Waals surface area (Å²) in [4.78, 5) is 13.9. The lowest BCUT2D eigenvalue weighted by Gasteiger charge is -2.04. The summed E-state index contributed by atoms with van der Waals surface area (Å²) < 4.78 is 0.795. The summed E-state index contributed by atoms with van der Waals surface area (Å²) in [5.41, 5.74) is 1.44. The van der Waals surface area contributed by atoms with Crippen LogP contribution in [0.1, 0.15) is 4.88 Å². The van der Waals surface area contributed by atoms with Crippen LogP contribution in [0.4, 0.5) is 5.82 Å². The van der Waals surface area contributed by atoms with Crippen LogP contribution in [0.2, 0.25) is 4.34 Å². The van der Waals surface area contributed by atoms with Gasteiger partial charge in [0.2, 0.25) is 0 Å². The van der Waals surface area contributed by atoms with E-state index in [0.717, 1.165) is 15.7 Å². The van der Waals surface area contributed by atoms with E-state index in [2.05, 4.69) is 20.3 Å². The van der Waals surface area contributed by atoms with Gasteiger partial charge in [-0.2, -0.15) is 0 Å². The number of nitrogens with zero attached hydrogens (tertiary/aromatic N) is 3. The fraction of sp³-hybridized carbons (Fsp3) is 0.0833. The highest BCUT2D eigenvalue weighted by Crippen LogP contribution is 2.22. The fourth-order valence-electron chi connectivity index (χ4n) is 1.58. The molecular weight excluding hydrogens is 268 g/mol. The van der Waals surface area contributed by atoms with E-state index < -0.39 is 0 Å². The van der Waals surface area contributed by atoms with Gasteiger partial charge in [-0.15, -0.1) is 11.3 Å². The minimum absolute atomic E-state index is 0.645. The van der Waals surface area contributed by atoms with Crippen molar-refractivity contribution in [3.8, 4) is 0 Å². The zero-order valence-electron chi connectivity index (χ0n) is 9.30. The van der Waals surface area contributed by atoms with Crippen molar-refractivity contribution >= 4 is 39.9 Å². The van der Waals surface area contributed by atoms with Crippen LogP contribution in [-0.2, 0) is 6.54 Å². The van der Waals surface area contributed by atoms with Gasteiger partial charge in [-0.3, -0.25) is 4.98 Å². The average molecular weight is 277 g/mol. The second-order valence-corrected chi connectivity index (χ2v) is 5.45. The van der Waals surface area contributed by atoms with Gasteiger partial charge in [-0.1, -0.05) is 11.6 Å². The number of hydrogen-bond acceptors (Lipinski definition) is 5. The van der Waals surface area contributed by atoms with Crippen LogP contribution in [0.5, 0.6) is 0 Å². The molecule has 0 aromatic carbocycles. The number of fused-ring (bicyclic) bond motifs is 1. The van der Waals surface area contributed by atoms with Gasteiger partial charge in [-0.25, -0.2) is 9.97 Å². The van der Waals surface area contributed by atoms with Gasteiger partial charge in [-0.05, 0) is 24.3 Å². The van der Waals surface area contributed by atoms with Crippen LogP contribution in [0.25, 0.3) is 11.2 Å². The lowest BCUT2D eigenvalue weighted by Crippen LogP contribution is -2.00. The zero-order chi connectivity index (χ0) is 12.4. The van der Waals surface area contributed by atoms with Gasteiger partial charge in [0.05, 0.1) is 10.9 Å². The SMILES string of the molecule is Clc1ccc(CNc2ccc3nccnc3n2)s1. The Morgan fingerprint density at radius 3 is 2.83 bits per heavy atom. The van der Waals surface area contributed by atoms with Gasteiger partial charge in [0, 0.05) is 17.3 Å². The van der Waals surface area contributed by atoms with Crippen molar-refractivity contribution in [3.05, 3.63) is 45.9 Å². The number of rotatable bonds is 3. The summed E-state index contributed by atoms with van der Waals surface area (Å²) in [5.74, 6) is 0.785. The molecule has 3 rings (SSSR count). The molecule has 0 amide bonds. The van der Waals surface area contributed by atoms with Crippen molar-refractivity contribution in [1.82, 2.24) is 15.0 Å². The molecule has 0 bridgehead atoms. The molecule has 0 spiro atoms. The molecule has 0 saturated heterocycles. The topological polar surface area (TPSA) is 50.7 Å². The number of halogens is 1. The van der Waals surface area contributed by atoms with Crippen molar-refractivity contribution in [2.75, 3.05) is 5.32 Å². The third-order valence-electron chi connectivity index (χ3n) is 2.40. The van der Waals surface area contributed by atoms with Crippen molar-refractivity contribution in [2.24, 2.45) is 0 Å². The zero-order valence-corrected chi connectivity index (χ0v) is 10.9. The van der Waals surface area contributed by atoms with E-state index in [-0.39, 0.29) is 0 Å². The maximum atomic E-state index is 5.88. The number of thiophene rings is 1. The van der Waals surface area contributed by atoms with Crippen molar-refractivity contribution < 1.29 is 0 Å². The Morgan fingerprint density at radius 2 is 2.00 bits per heavy atom. The van der Waals surface area contributed by atoms with Gasteiger partial charge in [0.25, 0.3) is 0 Å². The predicted octanol–water partition coefficient (Wildman–Crippen LogP) is 3.35. The predicted molar refractivity (Wildman–Crippen MR) is 74.0 cm³/mol. The normalized spacial score (nSPS) is 10.7. The molecule has 90 valence electrons. The third-order valence-corrected chi connectivity index (χ3v) is 3.64. The number of aromatic nitrogens is 3. The summed E-state index contributed by atoms with van der Waals surface area (Å²) in [6.45, 7) is 0.705. The summed E-state index contributed by atoms with van der Waals surface area (Å²) in [5, 5.41) is 3.24. The first-order chi connectivity index (χ1) is 8.81. The first kappa shape index (κ1) is 11.4. The molecule has 1 N–H and O–H groups in total. The molecule has 0 aliphatic rings. The van der Waals surface area contributed by atoms with Crippen LogP contribution in [0.15, 0.2) is 36.7 Å². The summed E-state index contributed by atoms with van der Waals surface area (Å²) in [6.07, 6.45) is 3.29. The van der Waals surface area contributed by atoms with Crippen LogP contribution in [0, 0.1) is 0 Å². The average Bonchev–Trinajstić information content (AvgIpc) is 2.82. The van der Waals surface area contributed by atoms with Gasteiger partial charge in [0.15, 0.2) is 5.65 Å². The minimum atomic E-state index is 0.645. The smallest absolute Gasteiger partial charge is 0.180 e.